The summed E-state index contributed by atoms with van der Waals surface area (Å²) in [5.74, 6) is -0.206. The van der Waals surface area contributed by atoms with Gasteiger partial charge in [0.15, 0.2) is 6.61 Å². The van der Waals surface area contributed by atoms with Crippen molar-refractivity contribution in [3.05, 3.63) is 53.6 Å². The zero-order chi connectivity index (χ0) is 20.5. The third-order valence-corrected chi connectivity index (χ3v) is 3.82. The van der Waals surface area contributed by atoms with E-state index in [0.717, 1.165) is 0 Å². The van der Waals surface area contributed by atoms with Gasteiger partial charge in [0.2, 0.25) is 5.78 Å². The van der Waals surface area contributed by atoms with Gasteiger partial charge in [-0.3, -0.25) is 14.4 Å². The van der Waals surface area contributed by atoms with Crippen molar-refractivity contribution >= 4 is 17.7 Å². The maximum Gasteiger partial charge on any atom is 0.325 e. The average molecular weight is 387 g/mol. The number of methoxy groups -OCH3 is 3. The number of carbonyl (C=O) groups excluding carboxylic acids is 3. The van der Waals surface area contributed by atoms with E-state index in [9.17, 15) is 14.4 Å². The summed E-state index contributed by atoms with van der Waals surface area (Å²) in [7, 11) is 4.42. The van der Waals surface area contributed by atoms with Crippen LogP contribution in [0.15, 0.2) is 42.5 Å². The lowest BCUT2D eigenvalue weighted by Gasteiger charge is -2.10. The fourth-order valence-electron chi connectivity index (χ4n) is 2.30. The lowest BCUT2D eigenvalue weighted by molar-refractivity contribution is -0.141. The Morgan fingerprint density at radius 3 is 2.11 bits per heavy atom. The molecule has 0 aliphatic heterocycles. The first-order valence-corrected chi connectivity index (χ1v) is 8.31. The van der Waals surface area contributed by atoms with E-state index >= 15 is 0 Å². The van der Waals surface area contributed by atoms with Crippen LogP contribution in [0, 0.1) is 0 Å². The molecule has 0 spiro atoms. The first-order valence-electron chi connectivity index (χ1n) is 8.31. The second kappa shape index (κ2) is 9.96. The van der Waals surface area contributed by atoms with Crippen LogP contribution in [0.1, 0.15) is 20.7 Å². The molecule has 0 unspecified atom stereocenters. The summed E-state index contributed by atoms with van der Waals surface area (Å²) < 4.78 is 20.2. The first kappa shape index (κ1) is 20.8. The van der Waals surface area contributed by atoms with E-state index in [1.54, 1.807) is 36.4 Å². The highest BCUT2D eigenvalue weighted by Gasteiger charge is 2.16. The Balaban J connectivity index is 1.86. The molecule has 8 heteroatoms. The Kier molecular flexibility index (Phi) is 7.38. The van der Waals surface area contributed by atoms with Gasteiger partial charge in [0.25, 0.3) is 5.91 Å². The van der Waals surface area contributed by atoms with Gasteiger partial charge in [-0.1, -0.05) is 0 Å². The predicted octanol–water partition coefficient (Wildman–Crippen LogP) is 1.87. The van der Waals surface area contributed by atoms with Crippen LogP contribution in [0.3, 0.4) is 0 Å². The van der Waals surface area contributed by atoms with Crippen LogP contribution in [-0.4, -0.2) is 52.1 Å². The third-order valence-electron chi connectivity index (χ3n) is 3.82. The van der Waals surface area contributed by atoms with Crippen LogP contribution < -0.4 is 19.5 Å². The number of esters is 1. The molecule has 0 heterocycles. The highest BCUT2D eigenvalue weighted by Crippen LogP contribution is 2.24. The number of nitrogens with one attached hydrogen (secondary N) is 1. The summed E-state index contributed by atoms with van der Waals surface area (Å²) in [5, 5.41) is 2.43. The maximum absolute atomic E-state index is 12.3. The topological polar surface area (TPSA) is 100 Å². The van der Waals surface area contributed by atoms with E-state index in [1.807, 2.05) is 0 Å². The minimum Gasteiger partial charge on any atom is -0.497 e. The van der Waals surface area contributed by atoms with Crippen molar-refractivity contribution in [2.45, 2.75) is 0 Å². The fraction of sp³-hybridized carbons (Fsp3) is 0.250. The number of hydrogen-bond acceptors (Lipinski definition) is 7. The molecule has 2 rings (SSSR count). The molecule has 0 bridgehead atoms. The van der Waals surface area contributed by atoms with Gasteiger partial charge in [-0.05, 0) is 42.5 Å². The summed E-state index contributed by atoms with van der Waals surface area (Å²) in [5.41, 5.74) is 0.600. The van der Waals surface area contributed by atoms with Gasteiger partial charge in [-0.2, -0.15) is 0 Å². The quantitative estimate of drug-likeness (QED) is 0.518. The van der Waals surface area contributed by atoms with Gasteiger partial charge in [0.1, 0.15) is 23.8 Å². The first-order chi connectivity index (χ1) is 13.5. The van der Waals surface area contributed by atoms with Gasteiger partial charge in [0.05, 0.1) is 26.9 Å². The van der Waals surface area contributed by atoms with E-state index in [-0.39, 0.29) is 12.1 Å². The summed E-state index contributed by atoms with van der Waals surface area (Å²) >= 11 is 0. The number of benzene rings is 2. The van der Waals surface area contributed by atoms with Crippen molar-refractivity contribution in [2.75, 3.05) is 34.5 Å². The molecule has 0 fully saturated rings. The molecule has 0 saturated carbocycles. The van der Waals surface area contributed by atoms with E-state index in [1.165, 1.54) is 27.4 Å². The summed E-state index contributed by atoms with van der Waals surface area (Å²) in [6, 6.07) is 11.1. The van der Waals surface area contributed by atoms with Crippen molar-refractivity contribution in [2.24, 2.45) is 0 Å². The van der Waals surface area contributed by atoms with E-state index in [4.69, 9.17) is 18.9 Å². The zero-order valence-corrected chi connectivity index (χ0v) is 15.8. The number of ketones is 1. The second-order valence-electron chi connectivity index (χ2n) is 5.56. The van der Waals surface area contributed by atoms with Crippen LogP contribution in [-0.2, 0) is 9.53 Å². The molecule has 8 nitrogen and oxygen atoms in total. The van der Waals surface area contributed by atoms with Crippen molar-refractivity contribution < 1.29 is 33.3 Å². The smallest absolute Gasteiger partial charge is 0.325 e. The Bertz CT molecular complexity index is 846. The summed E-state index contributed by atoms with van der Waals surface area (Å²) in [6.45, 7) is -0.853. The molecule has 28 heavy (non-hydrogen) atoms. The number of Topliss-reactive ketones (excluding diaryl/α,β-unsaturated/α-hetero) is 1. The second-order valence-corrected chi connectivity index (χ2v) is 5.56. The van der Waals surface area contributed by atoms with Gasteiger partial charge in [-0.15, -0.1) is 0 Å². The average Bonchev–Trinajstić information content (AvgIpc) is 2.75. The molecule has 0 aliphatic rings. The van der Waals surface area contributed by atoms with Crippen LogP contribution in [0.5, 0.6) is 17.2 Å². The molecule has 1 N–H and O–H groups in total. The third kappa shape index (κ3) is 5.47. The van der Waals surface area contributed by atoms with Crippen LogP contribution in [0.25, 0.3) is 0 Å². The lowest BCUT2D eigenvalue weighted by Crippen LogP contribution is -2.31. The molecule has 0 saturated heterocycles. The zero-order valence-electron chi connectivity index (χ0n) is 15.8. The highest BCUT2D eigenvalue weighted by atomic mass is 16.5. The van der Waals surface area contributed by atoms with Gasteiger partial charge in [-0.25, -0.2) is 0 Å². The van der Waals surface area contributed by atoms with E-state index in [0.29, 0.717) is 22.8 Å². The maximum atomic E-state index is 12.3. The molecule has 148 valence electrons. The molecular formula is C20H21NO7. The molecular weight excluding hydrogens is 366 g/mol. The molecule has 0 radical (unpaired) electrons. The van der Waals surface area contributed by atoms with E-state index < -0.39 is 24.3 Å². The monoisotopic (exact) mass is 387 g/mol. The molecule has 0 atom stereocenters. The number of hydrogen-bond donors (Lipinski definition) is 1. The molecule has 2 aromatic rings. The van der Waals surface area contributed by atoms with E-state index in [2.05, 4.69) is 5.32 Å². The van der Waals surface area contributed by atoms with Crippen molar-refractivity contribution in [1.29, 1.82) is 0 Å². The van der Waals surface area contributed by atoms with Gasteiger partial charge >= 0.3 is 5.97 Å². The van der Waals surface area contributed by atoms with Crippen LogP contribution >= 0.6 is 0 Å². The van der Waals surface area contributed by atoms with Crippen LogP contribution in [0.4, 0.5) is 0 Å². The highest BCUT2D eigenvalue weighted by molar-refractivity contribution is 6.01. The summed E-state index contributed by atoms with van der Waals surface area (Å²) in [6.07, 6.45) is 0. The number of amides is 1. The Morgan fingerprint density at radius 1 is 0.857 bits per heavy atom. The Morgan fingerprint density at radius 2 is 1.50 bits per heavy atom. The van der Waals surface area contributed by atoms with Crippen molar-refractivity contribution in [3.8, 4) is 17.2 Å². The Labute approximate surface area is 162 Å². The molecule has 0 aliphatic carbocycles. The van der Waals surface area contributed by atoms with Gasteiger partial charge in [0, 0.05) is 5.56 Å². The number of carbonyl (C=O) groups is 3. The lowest BCUT2D eigenvalue weighted by atomic mass is 10.1. The predicted molar refractivity (Wildman–Crippen MR) is 100 cm³/mol. The minimum atomic E-state index is -0.739. The fourth-order valence-corrected chi connectivity index (χ4v) is 2.30. The number of ether oxygens (including phenoxy) is 4. The van der Waals surface area contributed by atoms with Crippen LogP contribution in [0.2, 0.25) is 0 Å². The van der Waals surface area contributed by atoms with Crippen molar-refractivity contribution in [3.63, 3.8) is 0 Å². The largest absolute Gasteiger partial charge is 0.497 e. The molecule has 0 aromatic heterocycles. The minimum absolute atomic E-state index is 0.233. The Hall–Kier alpha value is -3.55. The normalized spacial score (nSPS) is 9.96. The summed E-state index contributed by atoms with van der Waals surface area (Å²) in [4.78, 5) is 36.1. The molecule has 2 aromatic carbocycles. The molecule has 1 amide bonds. The van der Waals surface area contributed by atoms with Gasteiger partial charge < -0.3 is 24.3 Å². The number of rotatable bonds is 9. The SMILES string of the molecule is COc1ccc(C(=O)NCC(=O)OCC(=O)c2cc(OC)ccc2OC)cc1. The van der Waals surface area contributed by atoms with Crippen molar-refractivity contribution in [1.82, 2.24) is 5.32 Å². The standard InChI is InChI=1S/C20H21NO7/c1-25-14-6-4-13(5-7-14)20(24)21-11-19(23)28-12-17(22)16-10-15(26-2)8-9-18(16)27-3/h4-10H,11-12H2,1-3H3,(H,21,24).